The normalized spacial score (nSPS) is 10.8. The first-order valence-electron chi connectivity index (χ1n) is 9.32. The molecule has 0 spiro atoms. The van der Waals surface area contributed by atoms with Gasteiger partial charge in [-0.2, -0.15) is 0 Å². The lowest BCUT2D eigenvalue weighted by Gasteiger charge is -2.20. The van der Waals surface area contributed by atoms with Crippen LogP contribution in [0.25, 0.3) is 0 Å². The molecule has 0 aliphatic rings. The van der Waals surface area contributed by atoms with Gasteiger partial charge in [-0.15, -0.1) is 0 Å². The highest BCUT2D eigenvalue weighted by Crippen LogP contribution is 2.32. The van der Waals surface area contributed by atoms with Crippen LogP contribution in [0.1, 0.15) is 57.6 Å². The first kappa shape index (κ1) is 20.5. The van der Waals surface area contributed by atoms with Crippen molar-refractivity contribution in [1.82, 2.24) is 0 Å². The van der Waals surface area contributed by atoms with Gasteiger partial charge in [0.05, 0.1) is 6.54 Å². The molecule has 3 N–H and O–H groups in total. The summed E-state index contributed by atoms with van der Waals surface area (Å²) in [5.41, 5.74) is 4.77. The topological polar surface area (TPSA) is 70.2 Å². The Morgan fingerprint density at radius 1 is 0.815 bits per heavy atom. The van der Waals surface area contributed by atoms with Crippen LogP contribution in [0.2, 0.25) is 0 Å². The van der Waals surface area contributed by atoms with Gasteiger partial charge in [0.25, 0.3) is 0 Å². The fourth-order valence-electron chi connectivity index (χ4n) is 2.94. The number of carbonyl (C=O) groups is 2. The van der Waals surface area contributed by atoms with Crippen molar-refractivity contribution >= 4 is 28.9 Å². The van der Waals surface area contributed by atoms with E-state index in [9.17, 15) is 9.59 Å². The number of nitrogens with one attached hydrogen (secondary N) is 3. The molecule has 0 atom stereocenters. The molecule has 144 valence electrons. The molecule has 2 rings (SSSR count). The van der Waals surface area contributed by atoms with Gasteiger partial charge in [0.1, 0.15) is 0 Å². The summed E-state index contributed by atoms with van der Waals surface area (Å²) in [5, 5.41) is 8.93. The molecule has 5 nitrogen and oxygen atoms in total. The Labute approximate surface area is 161 Å². The van der Waals surface area contributed by atoms with Gasteiger partial charge in [-0.3, -0.25) is 9.59 Å². The quantitative estimate of drug-likeness (QED) is 0.649. The summed E-state index contributed by atoms with van der Waals surface area (Å²) in [7, 11) is 0. The van der Waals surface area contributed by atoms with Gasteiger partial charge in [-0.05, 0) is 47.2 Å². The van der Waals surface area contributed by atoms with E-state index in [1.165, 1.54) is 6.92 Å². The lowest BCUT2D eigenvalue weighted by molar-refractivity contribution is -0.115. The third-order valence-corrected chi connectivity index (χ3v) is 4.30. The van der Waals surface area contributed by atoms with Crippen LogP contribution in [0.4, 0.5) is 17.1 Å². The summed E-state index contributed by atoms with van der Waals surface area (Å²) in [6.07, 6.45) is 0. The average Bonchev–Trinajstić information content (AvgIpc) is 2.60. The maximum atomic E-state index is 12.5. The Kier molecular flexibility index (Phi) is 6.99. The van der Waals surface area contributed by atoms with Crippen molar-refractivity contribution in [2.24, 2.45) is 0 Å². The molecule has 0 saturated carbocycles. The van der Waals surface area contributed by atoms with Crippen LogP contribution < -0.4 is 16.0 Å². The molecule has 0 fully saturated rings. The number of carbonyl (C=O) groups excluding carboxylic acids is 2. The number of rotatable bonds is 7. The summed E-state index contributed by atoms with van der Waals surface area (Å²) in [5.74, 6) is 0.456. The highest BCUT2D eigenvalue weighted by atomic mass is 16.2. The molecule has 0 heterocycles. The van der Waals surface area contributed by atoms with Crippen LogP contribution in [-0.4, -0.2) is 18.4 Å². The van der Waals surface area contributed by atoms with Crippen LogP contribution in [0.5, 0.6) is 0 Å². The summed E-state index contributed by atoms with van der Waals surface area (Å²) in [6.45, 7) is 10.2. The van der Waals surface area contributed by atoms with E-state index in [0.717, 1.165) is 28.2 Å². The fourth-order valence-corrected chi connectivity index (χ4v) is 2.94. The van der Waals surface area contributed by atoms with E-state index >= 15 is 0 Å². The Morgan fingerprint density at radius 2 is 1.33 bits per heavy atom. The van der Waals surface area contributed by atoms with E-state index in [4.69, 9.17) is 0 Å². The Hall–Kier alpha value is -2.82. The second kappa shape index (κ2) is 9.21. The zero-order valence-electron chi connectivity index (χ0n) is 16.7. The molecule has 5 heteroatoms. The zero-order chi connectivity index (χ0) is 20.0. The molecule has 0 radical (unpaired) electrons. The van der Waals surface area contributed by atoms with Gasteiger partial charge in [0.15, 0.2) is 0 Å². The van der Waals surface area contributed by atoms with Crippen molar-refractivity contribution in [3.8, 4) is 0 Å². The molecular weight excluding hydrogens is 338 g/mol. The molecule has 0 saturated heterocycles. The first-order chi connectivity index (χ1) is 12.8. The summed E-state index contributed by atoms with van der Waals surface area (Å²) >= 11 is 0. The average molecular weight is 367 g/mol. The van der Waals surface area contributed by atoms with E-state index in [-0.39, 0.29) is 18.4 Å². The molecule has 2 aromatic rings. The number of benzene rings is 2. The van der Waals surface area contributed by atoms with Gasteiger partial charge in [-0.25, -0.2) is 0 Å². The third kappa shape index (κ3) is 5.84. The van der Waals surface area contributed by atoms with Crippen LogP contribution >= 0.6 is 0 Å². The number of anilines is 3. The lowest BCUT2D eigenvalue weighted by Crippen LogP contribution is -2.23. The summed E-state index contributed by atoms with van der Waals surface area (Å²) in [4.78, 5) is 23.6. The highest BCUT2D eigenvalue weighted by Gasteiger charge is 2.15. The maximum absolute atomic E-state index is 12.5. The second-order valence-corrected chi connectivity index (χ2v) is 7.28. The van der Waals surface area contributed by atoms with E-state index in [1.807, 2.05) is 12.1 Å². The molecule has 27 heavy (non-hydrogen) atoms. The van der Waals surface area contributed by atoms with E-state index < -0.39 is 0 Å². The van der Waals surface area contributed by atoms with E-state index in [1.54, 1.807) is 12.1 Å². The molecule has 2 aromatic carbocycles. The van der Waals surface area contributed by atoms with Gasteiger partial charge < -0.3 is 16.0 Å². The Balaban J connectivity index is 2.04. The number of hydrogen-bond acceptors (Lipinski definition) is 3. The molecule has 0 aliphatic heterocycles. The van der Waals surface area contributed by atoms with Crippen molar-refractivity contribution < 1.29 is 9.59 Å². The van der Waals surface area contributed by atoms with Gasteiger partial charge in [0, 0.05) is 24.0 Å². The Bertz CT molecular complexity index is 769. The lowest BCUT2D eigenvalue weighted by atomic mass is 9.92. The molecule has 0 aromatic heterocycles. The summed E-state index contributed by atoms with van der Waals surface area (Å²) < 4.78 is 0. The molecule has 0 bridgehead atoms. The van der Waals surface area contributed by atoms with Crippen LogP contribution in [-0.2, 0) is 9.59 Å². The zero-order valence-corrected chi connectivity index (χ0v) is 16.7. The number of amides is 2. The third-order valence-electron chi connectivity index (χ3n) is 4.30. The highest BCUT2D eigenvalue weighted by molar-refractivity contribution is 5.95. The number of para-hydroxylation sites is 1. The molecular formula is C22H29N3O2. The van der Waals surface area contributed by atoms with Gasteiger partial charge >= 0.3 is 0 Å². The first-order valence-corrected chi connectivity index (χ1v) is 9.32. The maximum Gasteiger partial charge on any atom is 0.243 e. The standard InChI is InChI=1S/C22H29N3O2/c1-14(2)19-7-6-8-20(15(3)4)22(19)25-21(27)13-23-17-9-11-18(12-10-17)24-16(5)26/h6-12,14-15,23H,13H2,1-5H3,(H,24,26)(H,25,27). The molecule has 2 amide bonds. The van der Waals surface area contributed by atoms with Crippen molar-refractivity contribution in [3.63, 3.8) is 0 Å². The van der Waals surface area contributed by atoms with Crippen LogP contribution in [0.15, 0.2) is 42.5 Å². The van der Waals surface area contributed by atoms with Crippen molar-refractivity contribution in [2.45, 2.75) is 46.5 Å². The molecule has 0 aliphatic carbocycles. The van der Waals surface area contributed by atoms with Crippen LogP contribution in [0, 0.1) is 0 Å². The van der Waals surface area contributed by atoms with E-state index in [0.29, 0.717) is 11.8 Å². The van der Waals surface area contributed by atoms with Crippen LogP contribution in [0.3, 0.4) is 0 Å². The SMILES string of the molecule is CC(=O)Nc1ccc(NCC(=O)Nc2c(C(C)C)cccc2C(C)C)cc1. The fraction of sp³-hybridized carbons (Fsp3) is 0.364. The number of hydrogen-bond donors (Lipinski definition) is 3. The van der Waals surface area contributed by atoms with Gasteiger partial charge in [-0.1, -0.05) is 45.9 Å². The largest absolute Gasteiger partial charge is 0.376 e. The smallest absolute Gasteiger partial charge is 0.243 e. The minimum Gasteiger partial charge on any atom is -0.376 e. The van der Waals surface area contributed by atoms with Crippen molar-refractivity contribution in [3.05, 3.63) is 53.6 Å². The summed E-state index contributed by atoms with van der Waals surface area (Å²) in [6, 6.07) is 13.5. The van der Waals surface area contributed by atoms with Crippen molar-refractivity contribution in [1.29, 1.82) is 0 Å². The minimum atomic E-state index is -0.111. The minimum absolute atomic E-state index is 0.0871. The van der Waals surface area contributed by atoms with Crippen molar-refractivity contribution in [2.75, 3.05) is 22.5 Å². The predicted octanol–water partition coefficient (Wildman–Crippen LogP) is 4.94. The predicted molar refractivity (Wildman–Crippen MR) is 112 cm³/mol. The monoisotopic (exact) mass is 367 g/mol. The Morgan fingerprint density at radius 3 is 1.81 bits per heavy atom. The van der Waals surface area contributed by atoms with Gasteiger partial charge in [0.2, 0.25) is 11.8 Å². The second-order valence-electron chi connectivity index (χ2n) is 7.28. The molecule has 0 unspecified atom stereocenters. The van der Waals surface area contributed by atoms with E-state index in [2.05, 4.69) is 61.8 Å².